The van der Waals surface area contributed by atoms with Gasteiger partial charge in [-0.15, -0.1) is 0 Å². The average molecular weight is 447 g/mol. The largest absolute Gasteiger partial charge is 0.355 e. The number of hydrogen-bond donors (Lipinski definition) is 2. The van der Waals surface area contributed by atoms with Gasteiger partial charge < -0.3 is 15.5 Å². The van der Waals surface area contributed by atoms with Gasteiger partial charge in [-0.25, -0.2) is 8.70 Å². The highest BCUT2D eigenvalue weighted by Gasteiger charge is 2.42. The number of rotatable bonds is 7. The molecule has 0 amide bonds. The number of nitriles is 1. The van der Waals surface area contributed by atoms with Crippen LogP contribution in [0, 0.1) is 28.0 Å². The molecule has 1 fully saturated rings. The molecule has 1 saturated heterocycles. The number of hydrogen-bond acceptors (Lipinski definition) is 6. The van der Waals surface area contributed by atoms with Crippen LogP contribution in [0.15, 0.2) is 71.5 Å². The number of carbonyl (C=O) groups excluding carboxylic acids is 1. The average Bonchev–Trinajstić information content (AvgIpc) is 2.84. The van der Waals surface area contributed by atoms with Crippen molar-refractivity contribution in [3.63, 3.8) is 0 Å². The summed E-state index contributed by atoms with van der Waals surface area (Å²) in [5.74, 6) is 0.467. The Morgan fingerprint density at radius 2 is 1.97 bits per heavy atom. The van der Waals surface area contributed by atoms with Crippen molar-refractivity contribution >= 4 is 30.1 Å². The van der Waals surface area contributed by atoms with E-state index in [1.165, 1.54) is 18.3 Å². The monoisotopic (exact) mass is 446 g/mol. The van der Waals surface area contributed by atoms with Gasteiger partial charge in [0.1, 0.15) is 12.1 Å². The molecule has 1 aliphatic carbocycles. The summed E-state index contributed by atoms with van der Waals surface area (Å²) in [5, 5.41) is 20.1. The quantitative estimate of drug-likeness (QED) is 0.352. The van der Waals surface area contributed by atoms with E-state index in [0.717, 1.165) is 53.1 Å². The first-order chi connectivity index (χ1) is 15.5. The van der Waals surface area contributed by atoms with E-state index in [9.17, 15) is 9.18 Å². The minimum absolute atomic E-state index is 0.301. The van der Waals surface area contributed by atoms with Crippen LogP contribution in [0.25, 0.3) is 0 Å². The van der Waals surface area contributed by atoms with Crippen molar-refractivity contribution in [2.75, 3.05) is 18.4 Å². The van der Waals surface area contributed by atoms with Gasteiger partial charge >= 0.3 is 0 Å². The summed E-state index contributed by atoms with van der Waals surface area (Å²) in [5.41, 5.74) is 4.48. The number of piperidine rings is 1. The Labute approximate surface area is 191 Å². The van der Waals surface area contributed by atoms with Crippen LogP contribution in [0.4, 0.5) is 10.1 Å². The molecule has 2 N–H and O–H groups in total. The van der Waals surface area contributed by atoms with E-state index in [4.69, 9.17) is 10.7 Å². The first-order valence-electron chi connectivity index (χ1n) is 10.4. The highest BCUT2D eigenvalue weighted by Crippen LogP contribution is 2.45. The molecule has 1 unspecified atom stereocenters. The number of halogens is 1. The number of anilines is 1. The number of fused-ring (bicyclic) bond motifs is 1. The van der Waals surface area contributed by atoms with Crippen molar-refractivity contribution in [2.45, 2.75) is 18.6 Å². The predicted octanol–water partition coefficient (Wildman–Crippen LogP) is 5.08. The van der Waals surface area contributed by atoms with Crippen molar-refractivity contribution in [3.8, 4) is 6.07 Å². The topological polar surface area (TPSA) is 80.0 Å². The molecule has 7 heteroatoms. The number of benzene rings is 2. The van der Waals surface area contributed by atoms with Crippen LogP contribution in [-0.2, 0) is 10.5 Å². The summed E-state index contributed by atoms with van der Waals surface area (Å²) >= 11 is 1.69. The van der Waals surface area contributed by atoms with Crippen molar-refractivity contribution < 1.29 is 9.18 Å². The van der Waals surface area contributed by atoms with E-state index in [2.05, 4.69) is 15.7 Å². The fraction of sp³-hybridized carbons (Fsp3) is 0.240. The smallest absolute Gasteiger partial charge is 0.131 e. The summed E-state index contributed by atoms with van der Waals surface area (Å²) in [6.45, 7) is 1.41. The molecule has 2 aromatic carbocycles. The first kappa shape index (κ1) is 22.0. The molecule has 0 bridgehead atoms. The lowest BCUT2D eigenvalue weighted by atomic mass is 9.69. The maximum atomic E-state index is 13.2. The van der Waals surface area contributed by atoms with Crippen LogP contribution in [0.3, 0.4) is 0 Å². The second kappa shape index (κ2) is 9.51. The fourth-order valence-corrected chi connectivity index (χ4v) is 5.18. The van der Waals surface area contributed by atoms with Crippen LogP contribution >= 0.6 is 11.9 Å². The van der Waals surface area contributed by atoms with Crippen molar-refractivity contribution in [2.24, 2.45) is 5.41 Å². The molecule has 162 valence electrons. The van der Waals surface area contributed by atoms with Crippen LogP contribution in [0.2, 0.25) is 0 Å². The van der Waals surface area contributed by atoms with Gasteiger partial charge in [0.05, 0.1) is 17.0 Å². The predicted molar refractivity (Wildman–Crippen MR) is 126 cm³/mol. The third-order valence-corrected chi connectivity index (χ3v) is 7.06. The number of allylic oxidation sites excluding steroid dienone is 2. The maximum Gasteiger partial charge on any atom is 0.131 e. The Balaban J connectivity index is 1.47. The minimum atomic E-state index is -0.642. The molecule has 5 nitrogen and oxygen atoms in total. The number of carbonyl (C=O) groups is 1. The van der Waals surface area contributed by atoms with Gasteiger partial charge in [-0.2, -0.15) is 5.26 Å². The van der Waals surface area contributed by atoms with E-state index in [-0.39, 0.29) is 5.82 Å². The molecule has 0 spiro atoms. The second-order valence-electron chi connectivity index (χ2n) is 8.03. The number of nitrogens with one attached hydrogen (secondary N) is 2. The normalized spacial score (nSPS) is 20.7. The van der Waals surface area contributed by atoms with Crippen molar-refractivity contribution in [1.29, 1.82) is 10.7 Å². The second-order valence-corrected chi connectivity index (χ2v) is 9.09. The lowest BCUT2D eigenvalue weighted by Gasteiger charge is -2.43. The SMILES string of the molecule is N#Cc1ccc(CSN2CCC3=CC(Nc4ccc(F)cc4)=C(C=N)CC3(C=O)C2)cc1. The molecule has 2 aliphatic rings. The van der Waals surface area contributed by atoms with Gasteiger partial charge in [-0.1, -0.05) is 29.7 Å². The summed E-state index contributed by atoms with van der Waals surface area (Å²) in [6, 6.07) is 15.8. The molecule has 0 saturated carbocycles. The molecular formula is C25H23FN4OS. The molecule has 0 aromatic heterocycles. The van der Waals surface area contributed by atoms with E-state index < -0.39 is 5.41 Å². The molecule has 1 heterocycles. The lowest BCUT2D eigenvalue weighted by molar-refractivity contribution is -0.115. The van der Waals surface area contributed by atoms with Gasteiger partial charge in [-0.05, 0) is 66.5 Å². The fourth-order valence-electron chi connectivity index (χ4n) is 4.12. The van der Waals surface area contributed by atoms with Gasteiger partial charge in [0.25, 0.3) is 0 Å². The third-order valence-electron chi connectivity index (χ3n) is 5.92. The first-order valence-corrected chi connectivity index (χ1v) is 11.3. The Bertz CT molecular complexity index is 1120. The molecule has 1 aliphatic heterocycles. The molecule has 2 aromatic rings. The van der Waals surface area contributed by atoms with Gasteiger partial charge in [0.2, 0.25) is 0 Å². The molecular weight excluding hydrogens is 423 g/mol. The third kappa shape index (κ3) is 4.67. The molecule has 0 radical (unpaired) electrons. The zero-order valence-electron chi connectivity index (χ0n) is 17.5. The molecule has 32 heavy (non-hydrogen) atoms. The van der Waals surface area contributed by atoms with Crippen LogP contribution in [-0.4, -0.2) is 29.9 Å². The van der Waals surface area contributed by atoms with E-state index in [0.29, 0.717) is 18.5 Å². The minimum Gasteiger partial charge on any atom is -0.355 e. The number of nitrogens with zero attached hydrogens (tertiary/aromatic N) is 2. The number of aldehydes is 1. The Morgan fingerprint density at radius 1 is 1.22 bits per heavy atom. The highest BCUT2D eigenvalue weighted by atomic mass is 32.2. The van der Waals surface area contributed by atoms with Crippen LogP contribution in [0.5, 0.6) is 0 Å². The highest BCUT2D eigenvalue weighted by molar-refractivity contribution is 7.96. The Morgan fingerprint density at radius 3 is 2.62 bits per heavy atom. The lowest BCUT2D eigenvalue weighted by Crippen LogP contribution is -2.45. The maximum absolute atomic E-state index is 13.2. The standard InChI is InChI=1S/C25H23FN4OS/c26-22-5-7-23(8-6-22)29-24-11-21-9-10-30(16-25(21,17-31)12-20(24)14-28)32-15-19-3-1-18(13-27)2-4-19/h1-8,11,14,17,28-29H,9-10,12,15-16H2. The van der Waals surface area contributed by atoms with Crippen LogP contribution in [0.1, 0.15) is 24.0 Å². The Hall–Kier alpha value is -3.21. The Kier molecular flexibility index (Phi) is 6.54. The van der Waals surface area contributed by atoms with E-state index in [1.54, 1.807) is 24.1 Å². The van der Waals surface area contributed by atoms with E-state index in [1.807, 2.05) is 30.3 Å². The van der Waals surface area contributed by atoms with Crippen molar-refractivity contribution in [3.05, 3.63) is 88.4 Å². The summed E-state index contributed by atoms with van der Waals surface area (Å²) < 4.78 is 15.4. The molecule has 1 atom stereocenters. The van der Waals surface area contributed by atoms with Crippen LogP contribution < -0.4 is 5.32 Å². The van der Waals surface area contributed by atoms with Gasteiger partial charge in [0, 0.05) is 36.4 Å². The molecule has 4 rings (SSSR count). The summed E-state index contributed by atoms with van der Waals surface area (Å²) in [6.07, 6.45) is 5.55. The van der Waals surface area contributed by atoms with Crippen molar-refractivity contribution in [1.82, 2.24) is 4.31 Å². The zero-order valence-corrected chi connectivity index (χ0v) is 18.3. The van der Waals surface area contributed by atoms with Gasteiger partial charge in [0.15, 0.2) is 0 Å². The zero-order chi connectivity index (χ0) is 22.6. The van der Waals surface area contributed by atoms with Gasteiger partial charge in [-0.3, -0.25) is 0 Å². The summed E-state index contributed by atoms with van der Waals surface area (Å²) in [7, 11) is 0. The van der Waals surface area contributed by atoms with E-state index >= 15 is 0 Å². The summed E-state index contributed by atoms with van der Waals surface area (Å²) in [4.78, 5) is 12.3.